The van der Waals surface area contributed by atoms with Gasteiger partial charge in [-0.2, -0.15) is 0 Å². The zero-order chi connectivity index (χ0) is 25.8. The minimum Gasteiger partial charge on any atom is -0.493 e. The van der Waals surface area contributed by atoms with E-state index < -0.39 is 27.5 Å². The van der Waals surface area contributed by atoms with E-state index in [4.69, 9.17) is 9.47 Å². The maximum atomic E-state index is 12.5. The van der Waals surface area contributed by atoms with Gasteiger partial charge < -0.3 is 14.6 Å². The highest BCUT2D eigenvalue weighted by atomic mass is 32.2. The molecule has 4 aromatic rings. The Kier molecular flexibility index (Phi) is 5.76. The number of carbonyl (C=O) groups is 1. The van der Waals surface area contributed by atoms with Gasteiger partial charge in [-0.05, 0) is 73.0 Å². The molecule has 0 saturated heterocycles. The van der Waals surface area contributed by atoms with Gasteiger partial charge >= 0.3 is 5.97 Å². The van der Waals surface area contributed by atoms with E-state index in [2.05, 4.69) is 4.98 Å². The Bertz CT molecular complexity index is 1630. The molecule has 5 rings (SSSR count). The molecule has 7 nitrogen and oxygen atoms in total. The van der Waals surface area contributed by atoms with Gasteiger partial charge in [0.1, 0.15) is 5.75 Å². The van der Waals surface area contributed by atoms with Gasteiger partial charge in [0.25, 0.3) is 0 Å². The van der Waals surface area contributed by atoms with E-state index in [0.29, 0.717) is 34.0 Å². The Labute approximate surface area is 209 Å². The van der Waals surface area contributed by atoms with Crippen molar-refractivity contribution in [1.29, 1.82) is 0 Å². The van der Waals surface area contributed by atoms with Crippen molar-refractivity contribution in [1.82, 2.24) is 4.98 Å². The van der Waals surface area contributed by atoms with Gasteiger partial charge in [0.2, 0.25) is 0 Å². The molecule has 0 saturated carbocycles. The van der Waals surface area contributed by atoms with Gasteiger partial charge in [-0.1, -0.05) is 18.2 Å². The third-order valence-corrected chi connectivity index (χ3v) is 7.38. The van der Waals surface area contributed by atoms with Crippen LogP contribution >= 0.6 is 0 Å². The van der Waals surface area contributed by atoms with Gasteiger partial charge in [0.15, 0.2) is 15.9 Å². The maximum absolute atomic E-state index is 12.5. The second-order valence-corrected chi connectivity index (χ2v) is 12.1. The summed E-state index contributed by atoms with van der Waals surface area (Å²) in [5.41, 5.74) is 2.94. The summed E-state index contributed by atoms with van der Waals surface area (Å²) in [7, 11) is -3.43. The van der Waals surface area contributed by atoms with E-state index >= 15 is 0 Å². The summed E-state index contributed by atoms with van der Waals surface area (Å²) in [5.74, 6) is -0.373. The Balaban J connectivity index is 1.88. The van der Waals surface area contributed by atoms with Crippen LogP contribution in [0, 0.1) is 0 Å². The van der Waals surface area contributed by atoms with Crippen LogP contribution in [0.3, 0.4) is 0 Å². The van der Waals surface area contributed by atoms with E-state index in [9.17, 15) is 18.3 Å². The second kappa shape index (κ2) is 8.57. The molecule has 0 spiro atoms. The van der Waals surface area contributed by atoms with Crippen molar-refractivity contribution < 1.29 is 27.8 Å². The summed E-state index contributed by atoms with van der Waals surface area (Å²) in [6.45, 7) is 6.01. The van der Waals surface area contributed by atoms with Crippen molar-refractivity contribution >= 4 is 37.5 Å². The van der Waals surface area contributed by atoms with Crippen molar-refractivity contribution in [2.45, 2.75) is 43.8 Å². The Morgan fingerprint density at radius 1 is 1.11 bits per heavy atom. The number of aliphatic carboxylic acids is 1. The quantitative estimate of drug-likeness (QED) is 0.391. The molecule has 0 amide bonds. The zero-order valence-electron chi connectivity index (χ0n) is 20.5. The van der Waals surface area contributed by atoms with Crippen molar-refractivity contribution in [3.8, 4) is 16.9 Å². The highest BCUT2D eigenvalue weighted by Crippen LogP contribution is 2.44. The first-order valence-electron chi connectivity index (χ1n) is 11.7. The summed E-state index contributed by atoms with van der Waals surface area (Å²) in [6, 6.07) is 14.1. The van der Waals surface area contributed by atoms with E-state index in [1.165, 1.54) is 0 Å². The first-order chi connectivity index (χ1) is 16.9. The molecule has 1 atom stereocenters. The number of hydrogen-bond donors (Lipinski definition) is 1. The lowest BCUT2D eigenvalue weighted by Crippen LogP contribution is -2.27. The summed E-state index contributed by atoms with van der Waals surface area (Å²) in [4.78, 5) is 17.3. The molecule has 1 aromatic heterocycles. The Morgan fingerprint density at radius 2 is 1.89 bits per heavy atom. The van der Waals surface area contributed by atoms with Crippen LogP contribution in [0.1, 0.15) is 38.0 Å². The number of aromatic nitrogens is 1. The molecule has 1 aliphatic rings. The average molecular weight is 506 g/mol. The number of carboxylic acid groups (broad SMARTS) is 1. The lowest BCUT2D eigenvalue weighted by Gasteiger charge is -2.28. The van der Waals surface area contributed by atoms with Crippen molar-refractivity contribution in [3.05, 3.63) is 65.9 Å². The number of benzene rings is 3. The van der Waals surface area contributed by atoms with Crippen LogP contribution in [0.5, 0.6) is 5.75 Å². The summed E-state index contributed by atoms with van der Waals surface area (Å²) in [5, 5.41) is 12.5. The number of ether oxygens (including phenoxy) is 2. The molecular weight excluding hydrogens is 478 g/mol. The largest absolute Gasteiger partial charge is 0.493 e. The fourth-order valence-corrected chi connectivity index (χ4v) is 5.43. The lowest BCUT2D eigenvalue weighted by atomic mass is 9.88. The Hall–Kier alpha value is -3.49. The predicted molar refractivity (Wildman–Crippen MR) is 138 cm³/mol. The third kappa shape index (κ3) is 4.31. The topological polar surface area (TPSA) is 103 Å². The standard InChI is InChI=1S/C28H27NO6S/c1-28(2,3)35-26(27(30)31)21-7-5-17-15-18(36(4,32)33)6-8-19(17)24(21)20-9-10-22-23-16(12-14-34-22)11-13-29-25(20)23/h5-11,13,15,26H,12,14H2,1-4H3,(H,30,31)/t26-/m0/s1. The SMILES string of the molecule is CC(C)(C)O[C@H](C(=O)O)c1ccc2cc(S(C)(=O)=O)ccc2c1-c1ccc2c3c(ccnc13)CCO2. The molecule has 1 aliphatic heterocycles. The molecule has 186 valence electrons. The minimum absolute atomic E-state index is 0.192. The zero-order valence-corrected chi connectivity index (χ0v) is 21.3. The second-order valence-electron chi connectivity index (χ2n) is 10.0. The summed E-state index contributed by atoms with van der Waals surface area (Å²) < 4.78 is 36.3. The highest BCUT2D eigenvalue weighted by Gasteiger charge is 2.31. The number of nitrogens with zero attached hydrogens (tertiary/aromatic N) is 1. The number of fused-ring (bicyclic) bond motifs is 1. The van der Waals surface area contributed by atoms with Gasteiger partial charge in [0, 0.05) is 35.4 Å². The van der Waals surface area contributed by atoms with E-state index in [-0.39, 0.29) is 4.90 Å². The fourth-order valence-electron chi connectivity index (χ4n) is 4.78. The van der Waals surface area contributed by atoms with Crippen molar-refractivity contribution in [2.75, 3.05) is 12.9 Å². The lowest BCUT2D eigenvalue weighted by molar-refractivity contribution is -0.160. The Morgan fingerprint density at radius 3 is 2.58 bits per heavy atom. The van der Waals surface area contributed by atoms with Crippen LogP contribution in [0.25, 0.3) is 32.8 Å². The molecule has 1 N–H and O–H groups in total. The van der Waals surface area contributed by atoms with Crippen LogP contribution in [-0.4, -0.2) is 42.9 Å². The highest BCUT2D eigenvalue weighted by molar-refractivity contribution is 7.90. The monoisotopic (exact) mass is 505 g/mol. The number of rotatable bonds is 5. The van der Waals surface area contributed by atoms with Gasteiger partial charge in [-0.25, -0.2) is 13.2 Å². The molecule has 0 radical (unpaired) electrons. The number of hydrogen-bond acceptors (Lipinski definition) is 6. The van der Waals surface area contributed by atoms with Gasteiger partial charge in [0.05, 0.1) is 22.6 Å². The molecule has 3 aromatic carbocycles. The van der Waals surface area contributed by atoms with E-state index in [0.717, 1.165) is 34.9 Å². The molecule has 0 fully saturated rings. The molecule has 8 heteroatoms. The third-order valence-electron chi connectivity index (χ3n) is 6.27. The number of pyridine rings is 1. The van der Waals surface area contributed by atoms with E-state index in [1.807, 2.05) is 39.0 Å². The van der Waals surface area contributed by atoms with Crippen molar-refractivity contribution in [2.24, 2.45) is 0 Å². The first-order valence-corrected chi connectivity index (χ1v) is 13.5. The predicted octanol–water partition coefficient (Wildman–Crippen LogP) is 5.33. The van der Waals surface area contributed by atoms with Crippen LogP contribution < -0.4 is 4.74 Å². The molecular formula is C28H27NO6S. The fraction of sp³-hybridized carbons (Fsp3) is 0.286. The summed E-state index contributed by atoms with van der Waals surface area (Å²) in [6.07, 6.45) is 2.42. The van der Waals surface area contributed by atoms with E-state index in [1.54, 1.807) is 36.5 Å². The van der Waals surface area contributed by atoms with Crippen LogP contribution in [0.15, 0.2) is 59.6 Å². The molecule has 0 bridgehead atoms. The van der Waals surface area contributed by atoms with Gasteiger partial charge in [-0.15, -0.1) is 0 Å². The number of sulfone groups is 1. The van der Waals surface area contributed by atoms with Crippen LogP contribution in [-0.2, 0) is 25.8 Å². The molecule has 36 heavy (non-hydrogen) atoms. The maximum Gasteiger partial charge on any atom is 0.337 e. The van der Waals surface area contributed by atoms with Crippen molar-refractivity contribution in [3.63, 3.8) is 0 Å². The molecule has 2 heterocycles. The smallest absolute Gasteiger partial charge is 0.337 e. The molecule has 0 unspecified atom stereocenters. The first kappa shape index (κ1) is 24.2. The van der Waals surface area contributed by atoms with Crippen LogP contribution in [0.2, 0.25) is 0 Å². The number of carboxylic acids is 1. The minimum atomic E-state index is -3.43. The summed E-state index contributed by atoms with van der Waals surface area (Å²) >= 11 is 0. The normalized spacial score (nSPS) is 14.6. The van der Waals surface area contributed by atoms with Crippen LogP contribution in [0.4, 0.5) is 0 Å². The molecule has 0 aliphatic carbocycles. The van der Waals surface area contributed by atoms with Gasteiger partial charge in [-0.3, -0.25) is 4.98 Å². The average Bonchev–Trinajstić information content (AvgIpc) is 2.81.